The molecule has 1 atom stereocenters. The van der Waals surface area contributed by atoms with Crippen LogP contribution in [0.15, 0.2) is 30.6 Å². The molecule has 0 saturated heterocycles. The van der Waals surface area contributed by atoms with Gasteiger partial charge in [0.05, 0.1) is 6.61 Å². The maximum absolute atomic E-state index is 12.6. The lowest BCUT2D eigenvalue weighted by molar-refractivity contribution is -0.129. The normalized spacial score (nSPS) is 15.0. The number of aromatic nitrogens is 2. The second kappa shape index (κ2) is 15.0. The highest BCUT2D eigenvalue weighted by molar-refractivity contribution is 5.85. The summed E-state index contributed by atoms with van der Waals surface area (Å²) in [5.74, 6) is 2.80. The number of hydrogen-bond acceptors (Lipinski definition) is 4. The Hall–Kier alpha value is -2.76. The van der Waals surface area contributed by atoms with Gasteiger partial charge in [0.25, 0.3) is 0 Å². The van der Waals surface area contributed by atoms with Crippen LogP contribution in [0.5, 0.6) is 11.5 Å². The molecule has 0 saturated carbocycles. The summed E-state index contributed by atoms with van der Waals surface area (Å²) >= 11 is 0. The standard InChI is InChI=1S/C32H49N3O3/c1-6-8-10-12-15-29-27(30-33-20-21-35(30)5)24-25-23-26(16-17-28(25)38-29)37-22-14-18-32(3,4)31(36)34-19-13-11-9-7-2/h16-17,20-21,23-24,29H,6-15,18-19,22H2,1-5H3,(H,34,36). The fraction of sp³-hybridized carbons (Fsp3) is 0.625. The van der Waals surface area contributed by atoms with Gasteiger partial charge in [-0.2, -0.15) is 0 Å². The van der Waals surface area contributed by atoms with Crippen LogP contribution < -0.4 is 14.8 Å². The third-order valence-corrected chi connectivity index (χ3v) is 7.45. The first kappa shape index (κ1) is 29.8. The highest BCUT2D eigenvalue weighted by atomic mass is 16.5. The molecule has 0 radical (unpaired) electrons. The van der Waals surface area contributed by atoms with Gasteiger partial charge in [0, 0.05) is 42.5 Å². The summed E-state index contributed by atoms with van der Waals surface area (Å²) in [4.78, 5) is 17.2. The van der Waals surface area contributed by atoms with E-state index < -0.39 is 5.41 Å². The van der Waals surface area contributed by atoms with Gasteiger partial charge in [0.2, 0.25) is 5.91 Å². The van der Waals surface area contributed by atoms with E-state index in [9.17, 15) is 4.79 Å². The Kier molecular flexibility index (Phi) is 11.8. The monoisotopic (exact) mass is 523 g/mol. The molecule has 1 aliphatic rings. The number of rotatable bonds is 17. The first-order valence-corrected chi connectivity index (χ1v) is 14.8. The summed E-state index contributed by atoms with van der Waals surface area (Å²) in [5, 5.41) is 3.11. The molecule has 1 amide bonds. The summed E-state index contributed by atoms with van der Waals surface area (Å²) in [6.45, 7) is 9.82. The SMILES string of the molecule is CCCCCCNC(=O)C(C)(C)CCCOc1ccc2c(c1)C=C(c1nccn1C)C(CCCCCC)O2. The van der Waals surface area contributed by atoms with Crippen LogP contribution in [0.1, 0.15) is 110 Å². The molecule has 1 unspecified atom stereocenters. The van der Waals surface area contributed by atoms with Crippen molar-refractivity contribution in [1.29, 1.82) is 0 Å². The zero-order valence-corrected chi connectivity index (χ0v) is 24.4. The Bertz CT molecular complexity index is 1040. The molecule has 0 bridgehead atoms. The molecule has 1 aliphatic heterocycles. The topological polar surface area (TPSA) is 65.4 Å². The third-order valence-electron chi connectivity index (χ3n) is 7.45. The van der Waals surface area contributed by atoms with Crippen molar-refractivity contribution in [3.05, 3.63) is 42.0 Å². The van der Waals surface area contributed by atoms with Crippen LogP contribution in [0.25, 0.3) is 11.6 Å². The minimum atomic E-state index is -0.399. The molecular weight excluding hydrogens is 474 g/mol. The average Bonchev–Trinajstić information content (AvgIpc) is 3.33. The van der Waals surface area contributed by atoms with Crippen LogP contribution in [-0.4, -0.2) is 34.7 Å². The summed E-state index contributed by atoms with van der Waals surface area (Å²) in [5.41, 5.74) is 1.75. The maximum Gasteiger partial charge on any atom is 0.225 e. The van der Waals surface area contributed by atoms with Crippen molar-refractivity contribution in [3.63, 3.8) is 0 Å². The highest BCUT2D eigenvalue weighted by Gasteiger charge is 2.28. The van der Waals surface area contributed by atoms with Crippen molar-refractivity contribution in [2.75, 3.05) is 13.2 Å². The van der Waals surface area contributed by atoms with E-state index >= 15 is 0 Å². The molecule has 210 valence electrons. The number of fused-ring (bicyclic) bond motifs is 1. The number of nitrogens with zero attached hydrogens (tertiary/aromatic N) is 2. The molecule has 1 aromatic carbocycles. The zero-order chi connectivity index (χ0) is 27.4. The van der Waals surface area contributed by atoms with Gasteiger partial charge in [-0.25, -0.2) is 4.98 Å². The van der Waals surface area contributed by atoms with E-state index in [4.69, 9.17) is 9.47 Å². The third kappa shape index (κ3) is 8.64. The number of benzene rings is 1. The molecule has 38 heavy (non-hydrogen) atoms. The van der Waals surface area contributed by atoms with Crippen molar-refractivity contribution >= 4 is 17.6 Å². The van der Waals surface area contributed by atoms with Crippen LogP contribution >= 0.6 is 0 Å². The van der Waals surface area contributed by atoms with E-state index in [1.807, 2.05) is 45.4 Å². The number of hydrogen-bond donors (Lipinski definition) is 1. The van der Waals surface area contributed by atoms with E-state index in [1.165, 1.54) is 38.5 Å². The van der Waals surface area contributed by atoms with Gasteiger partial charge < -0.3 is 19.4 Å². The van der Waals surface area contributed by atoms with Crippen molar-refractivity contribution in [2.24, 2.45) is 12.5 Å². The number of ether oxygens (including phenoxy) is 2. The maximum atomic E-state index is 12.6. The molecule has 2 heterocycles. The lowest BCUT2D eigenvalue weighted by Crippen LogP contribution is -2.37. The van der Waals surface area contributed by atoms with Gasteiger partial charge in [-0.05, 0) is 56.4 Å². The van der Waals surface area contributed by atoms with Crippen LogP contribution in [0.2, 0.25) is 0 Å². The molecule has 0 aliphatic carbocycles. The Morgan fingerprint density at radius 2 is 1.84 bits per heavy atom. The largest absolute Gasteiger partial charge is 0.494 e. The van der Waals surface area contributed by atoms with Gasteiger partial charge in [-0.1, -0.05) is 66.2 Å². The summed E-state index contributed by atoms with van der Waals surface area (Å²) in [6, 6.07) is 6.06. The summed E-state index contributed by atoms with van der Waals surface area (Å²) in [7, 11) is 2.03. The molecule has 6 nitrogen and oxygen atoms in total. The number of aryl methyl sites for hydroxylation is 1. The Balaban J connectivity index is 1.56. The predicted octanol–water partition coefficient (Wildman–Crippen LogP) is 7.57. The minimum absolute atomic E-state index is 0.00671. The van der Waals surface area contributed by atoms with Gasteiger partial charge >= 0.3 is 0 Å². The summed E-state index contributed by atoms with van der Waals surface area (Å²) in [6.07, 6.45) is 18.1. The van der Waals surface area contributed by atoms with Crippen LogP contribution in [0.4, 0.5) is 0 Å². The van der Waals surface area contributed by atoms with E-state index in [0.717, 1.165) is 67.1 Å². The second-order valence-corrected chi connectivity index (χ2v) is 11.3. The van der Waals surface area contributed by atoms with Crippen molar-refractivity contribution in [2.45, 2.75) is 104 Å². The number of unbranched alkanes of at least 4 members (excludes halogenated alkanes) is 6. The quantitative estimate of drug-likeness (QED) is 0.217. The minimum Gasteiger partial charge on any atom is -0.494 e. The Morgan fingerprint density at radius 1 is 1.08 bits per heavy atom. The molecular formula is C32H49N3O3. The predicted molar refractivity (Wildman–Crippen MR) is 156 cm³/mol. The van der Waals surface area contributed by atoms with Gasteiger partial charge in [0.1, 0.15) is 23.4 Å². The molecule has 1 aromatic heterocycles. The molecule has 2 aromatic rings. The lowest BCUT2D eigenvalue weighted by atomic mass is 9.87. The van der Waals surface area contributed by atoms with Crippen molar-refractivity contribution in [3.8, 4) is 11.5 Å². The van der Waals surface area contributed by atoms with Gasteiger partial charge in [0.15, 0.2) is 0 Å². The smallest absolute Gasteiger partial charge is 0.225 e. The van der Waals surface area contributed by atoms with E-state index in [-0.39, 0.29) is 12.0 Å². The fourth-order valence-corrected chi connectivity index (χ4v) is 4.95. The molecule has 1 N–H and O–H groups in total. The van der Waals surface area contributed by atoms with Crippen molar-refractivity contribution in [1.82, 2.24) is 14.9 Å². The number of amides is 1. The number of imidazole rings is 1. The number of carbonyl (C=O) groups excluding carboxylic acids is 1. The highest BCUT2D eigenvalue weighted by Crippen LogP contribution is 2.37. The van der Waals surface area contributed by atoms with E-state index in [2.05, 4.69) is 40.9 Å². The van der Waals surface area contributed by atoms with Gasteiger partial charge in [-0.3, -0.25) is 4.79 Å². The Labute approximate surface area is 230 Å². The first-order valence-electron chi connectivity index (χ1n) is 14.8. The lowest BCUT2D eigenvalue weighted by Gasteiger charge is -2.27. The number of carbonyl (C=O) groups is 1. The molecule has 3 rings (SSSR count). The van der Waals surface area contributed by atoms with E-state index in [0.29, 0.717) is 6.61 Å². The average molecular weight is 524 g/mol. The summed E-state index contributed by atoms with van der Waals surface area (Å²) < 4.78 is 14.6. The van der Waals surface area contributed by atoms with Crippen LogP contribution in [0.3, 0.4) is 0 Å². The van der Waals surface area contributed by atoms with Gasteiger partial charge in [-0.15, -0.1) is 0 Å². The van der Waals surface area contributed by atoms with Crippen LogP contribution in [-0.2, 0) is 11.8 Å². The number of nitrogens with one attached hydrogen (secondary N) is 1. The Morgan fingerprint density at radius 3 is 2.55 bits per heavy atom. The first-order chi connectivity index (χ1) is 18.4. The zero-order valence-electron chi connectivity index (χ0n) is 24.4. The fourth-order valence-electron chi connectivity index (χ4n) is 4.95. The molecule has 0 spiro atoms. The van der Waals surface area contributed by atoms with Crippen LogP contribution in [0, 0.1) is 5.41 Å². The van der Waals surface area contributed by atoms with Crippen molar-refractivity contribution < 1.29 is 14.3 Å². The second-order valence-electron chi connectivity index (χ2n) is 11.3. The molecule has 0 fully saturated rings. The molecule has 6 heteroatoms. The van der Waals surface area contributed by atoms with E-state index in [1.54, 1.807) is 0 Å².